The van der Waals surface area contributed by atoms with E-state index < -0.39 is 0 Å². The lowest BCUT2D eigenvalue weighted by molar-refractivity contribution is -0.133. The van der Waals surface area contributed by atoms with Gasteiger partial charge < -0.3 is 4.90 Å². The summed E-state index contributed by atoms with van der Waals surface area (Å²) in [6.07, 6.45) is 8.34. The van der Waals surface area contributed by atoms with Crippen molar-refractivity contribution in [1.29, 1.82) is 0 Å². The van der Waals surface area contributed by atoms with Gasteiger partial charge in [-0.25, -0.2) is 0 Å². The Bertz CT molecular complexity index is 323. The Balaban J connectivity index is 1.99. The average Bonchev–Trinajstić information content (AvgIpc) is 3.04. The molecular weight excluding hydrogens is 236 g/mol. The van der Waals surface area contributed by atoms with E-state index >= 15 is 0 Å². The molecule has 1 saturated heterocycles. The van der Waals surface area contributed by atoms with E-state index in [2.05, 4.69) is 37.9 Å². The van der Waals surface area contributed by atoms with E-state index in [9.17, 15) is 4.79 Å². The van der Waals surface area contributed by atoms with Crippen molar-refractivity contribution in [3.05, 3.63) is 0 Å². The minimum absolute atomic E-state index is 0.154. The molecule has 1 aliphatic carbocycles. The fraction of sp³-hybridized carbons (Fsp3) is 0.938. The molecule has 1 amide bonds. The maximum absolute atomic E-state index is 12.6. The Morgan fingerprint density at radius 3 is 2.53 bits per heavy atom. The first-order chi connectivity index (χ1) is 9.00. The SMILES string of the molecule is CCCCCC(C)N1C(=O)C2(CC2)NC1CC(C)C. The summed E-state index contributed by atoms with van der Waals surface area (Å²) >= 11 is 0. The first-order valence-electron chi connectivity index (χ1n) is 8.10. The molecule has 1 N–H and O–H groups in total. The van der Waals surface area contributed by atoms with Crippen molar-refractivity contribution in [3.63, 3.8) is 0 Å². The summed E-state index contributed by atoms with van der Waals surface area (Å²) in [4.78, 5) is 14.8. The third kappa shape index (κ3) is 3.13. The van der Waals surface area contributed by atoms with Crippen LogP contribution in [-0.2, 0) is 4.79 Å². The van der Waals surface area contributed by atoms with Gasteiger partial charge in [-0.1, -0.05) is 40.0 Å². The first kappa shape index (κ1) is 14.8. The van der Waals surface area contributed by atoms with E-state index in [-0.39, 0.29) is 11.7 Å². The predicted octanol–water partition coefficient (Wildman–Crippen LogP) is 3.29. The molecule has 2 atom stereocenters. The van der Waals surface area contributed by atoms with Crippen molar-refractivity contribution in [2.75, 3.05) is 0 Å². The lowest BCUT2D eigenvalue weighted by Crippen LogP contribution is -2.44. The highest BCUT2D eigenvalue weighted by Crippen LogP contribution is 2.44. The second-order valence-corrected chi connectivity index (χ2v) is 6.93. The van der Waals surface area contributed by atoms with Crippen molar-refractivity contribution in [2.45, 2.75) is 90.4 Å². The summed E-state index contributed by atoms with van der Waals surface area (Å²) in [7, 11) is 0. The van der Waals surface area contributed by atoms with Crippen LogP contribution in [0.3, 0.4) is 0 Å². The quantitative estimate of drug-likeness (QED) is 0.717. The molecular formula is C16H30N2O. The summed E-state index contributed by atoms with van der Waals surface area (Å²) in [6.45, 7) is 8.94. The number of hydrogen-bond acceptors (Lipinski definition) is 2. The largest absolute Gasteiger partial charge is 0.323 e. The van der Waals surface area contributed by atoms with E-state index in [1.165, 1.54) is 19.3 Å². The van der Waals surface area contributed by atoms with E-state index in [1.807, 2.05) is 0 Å². The van der Waals surface area contributed by atoms with Gasteiger partial charge in [-0.05, 0) is 38.5 Å². The monoisotopic (exact) mass is 266 g/mol. The minimum Gasteiger partial charge on any atom is -0.323 e. The van der Waals surface area contributed by atoms with Crippen LogP contribution in [0.2, 0.25) is 0 Å². The van der Waals surface area contributed by atoms with Crippen LogP contribution >= 0.6 is 0 Å². The molecule has 0 aromatic carbocycles. The normalized spacial score (nSPS) is 26.5. The number of unbranched alkanes of at least 4 members (excludes halogenated alkanes) is 2. The summed E-state index contributed by atoms with van der Waals surface area (Å²) in [6, 6.07) is 0.385. The lowest BCUT2D eigenvalue weighted by Gasteiger charge is -2.31. The zero-order chi connectivity index (χ0) is 14.0. The van der Waals surface area contributed by atoms with Gasteiger partial charge in [-0.2, -0.15) is 0 Å². The topological polar surface area (TPSA) is 32.3 Å². The van der Waals surface area contributed by atoms with Gasteiger partial charge >= 0.3 is 0 Å². The molecule has 110 valence electrons. The number of carbonyl (C=O) groups excluding carboxylic acids is 1. The van der Waals surface area contributed by atoms with Gasteiger partial charge in [0, 0.05) is 6.04 Å². The fourth-order valence-corrected chi connectivity index (χ4v) is 3.28. The number of amides is 1. The summed E-state index contributed by atoms with van der Waals surface area (Å²) in [5, 5.41) is 3.62. The zero-order valence-corrected chi connectivity index (χ0v) is 13.0. The van der Waals surface area contributed by atoms with Crippen LogP contribution in [0.15, 0.2) is 0 Å². The second kappa shape index (κ2) is 5.82. The number of hydrogen-bond donors (Lipinski definition) is 1. The van der Waals surface area contributed by atoms with Crippen molar-refractivity contribution in [1.82, 2.24) is 10.2 Å². The molecule has 3 heteroatoms. The molecule has 0 radical (unpaired) electrons. The fourth-order valence-electron chi connectivity index (χ4n) is 3.28. The summed E-state index contributed by atoms with van der Waals surface area (Å²) in [5.41, 5.74) is -0.154. The van der Waals surface area contributed by atoms with Crippen LogP contribution in [0.4, 0.5) is 0 Å². The molecule has 1 aliphatic heterocycles. The molecule has 0 aromatic rings. The van der Waals surface area contributed by atoms with Gasteiger partial charge in [0.15, 0.2) is 0 Å². The Morgan fingerprint density at radius 2 is 2.00 bits per heavy atom. The number of nitrogens with one attached hydrogen (secondary N) is 1. The van der Waals surface area contributed by atoms with Crippen molar-refractivity contribution >= 4 is 5.91 Å². The van der Waals surface area contributed by atoms with E-state index in [1.54, 1.807) is 0 Å². The average molecular weight is 266 g/mol. The van der Waals surface area contributed by atoms with Crippen LogP contribution in [0.1, 0.15) is 72.6 Å². The predicted molar refractivity (Wildman–Crippen MR) is 78.8 cm³/mol. The molecule has 19 heavy (non-hydrogen) atoms. The van der Waals surface area contributed by atoms with Crippen LogP contribution in [0.25, 0.3) is 0 Å². The van der Waals surface area contributed by atoms with Crippen molar-refractivity contribution in [3.8, 4) is 0 Å². The molecule has 3 nitrogen and oxygen atoms in total. The summed E-state index contributed by atoms with van der Waals surface area (Å²) in [5.74, 6) is 1.01. The van der Waals surface area contributed by atoms with Gasteiger partial charge in [0.25, 0.3) is 0 Å². The zero-order valence-electron chi connectivity index (χ0n) is 13.0. The molecule has 2 aliphatic rings. The molecule has 2 fully saturated rings. The number of rotatable bonds is 7. The molecule has 2 rings (SSSR count). The van der Waals surface area contributed by atoms with Crippen molar-refractivity contribution < 1.29 is 4.79 Å². The van der Waals surface area contributed by atoms with Gasteiger partial charge in [0.1, 0.15) is 0 Å². The van der Waals surface area contributed by atoms with Crippen LogP contribution in [0.5, 0.6) is 0 Å². The molecule has 0 bridgehead atoms. The standard InChI is InChI=1S/C16H30N2O/c1-5-6-7-8-13(4)18-14(11-12(2)3)17-16(9-10-16)15(18)19/h12-14,17H,5-11H2,1-4H3. The highest BCUT2D eigenvalue weighted by molar-refractivity contribution is 5.92. The van der Waals surface area contributed by atoms with E-state index in [0.29, 0.717) is 17.9 Å². The van der Waals surface area contributed by atoms with Gasteiger partial charge in [0.05, 0.1) is 11.7 Å². The first-order valence-corrected chi connectivity index (χ1v) is 8.10. The minimum atomic E-state index is -0.154. The summed E-state index contributed by atoms with van der Waals surface area (Å²) < 4.78 is 0. The number of nitrogens with zero attached hydrogens (tertiary/aromatic N) is 1. The smallest absolute Gasteiger partial charge is 0.244 e. The van der Waals surface area contributed by atoms with Gasteiger partial charge in [0.2, 0.25) is 5.91 Å². The Hall–Kier alpha value is -0.570. The Labute approximate surface area is 118 Å². The highest BCUT2D eigenvalue weighted by Gasteiger charge is 2.59. The molecule has 1 heterocycles. The molecule has 0 aromatic heterocycles. The van der Waals surface area contributed by atoms with Gasteiger partial charge in [-0.15, -0.1) is 0 Å². The molecule has 2 unspecified atom stereocenters. The van der Waals surface area contributed by atoms with Gasteiger partial charge in [-0.3, -0.25) is 10.1 Å². The second-order valence-electron chi connectivity index (χ2n) is 6.93. The Kier molecular flexibility index (Phi) is 4.54. The van der Waals surface area contributed by atoms with E-state index in [4.69, 9.17) is 0 Å². The van der Waals surface area contributed by atoms with Crippen molar-refractivity contribution in [2.24, 2.45) is 5.92 Å². The number of carbonyl (C=O) groups is 1. The maximum atomic E-state index is 12.6. The molecule has 1 saturated carbocycles. The Morgan fingerprint density at radius 1 is 1.32 bits per heavy atom. The highest BCUT2D eigenvalue weighted by atomic mass is 16.2. The maximum Gasteiger partial charge on any atom is 0.244 e. The van der Waals surface area contributed by atoms with E-state index in [0.717, 1.165) is 25.7 Å². The van der Waals surface area contributed by atoms with Crippen LogP contribution in [0, 0.1) is 5.92 Å². The van der Waals surface area contributed by atoms with Crippen LogP contribution in [-0.4, -0.2) is 28.6 Å². The third-order valence-electron chi connectivity index (χ3n) is 4.57. The molecule has 1 spiro atoms. The lowest BCUT2D eigenvalue weighted by atomic mass is 10.0. The third-order valence-corrected chi connectivity index (χ3v) is 4.57. The van der Waals surface area contributed by atoms with Crippen LogP contribution < -0.4 is 5.32 Å².